The lowest BCUT2D eigenvalue weighted by Crippen LogP contribution is -2.20. The third kappa shape index (κ3) is 7.22. The molecule has 9 nitrogen and oxygen atoms in total. The van der Waals surface area contributed by atoms with Crippen molar-refractivity contribution in [2.24, 2.45) is 4.99 Å². The molecule has 176 valence electrons. The van der Waals surface area contributed by atoms with E-state index in [1.807, 2.05) is 17.6 Å². The highest BCUT2D eigenvalue weighted by Gasteiger charge is 2.13. The van der Waals surface area contributed by atoms with Gasteiger partial charge < -0.3 is 19.4 Å². The summed E-state index contributed by atoms with van der Waals surface area (Å²) in [6.45, 7) is 5.54. The van der Waals surface area contributed by atoms with Gasteiger partial charge in [0.25, 0.3) is 5.91 Å². The quantitative estimate of drug-likeness (QED) is 0.313. The predicted octanol–water partition coefficient (Wildman–Crippen LogP) is 3.17. The molecule has 0 aliphatic heterocycles. The molecule has 0 fully saturated rings. The zero-order valence-electron chi connectivity index (χ0n) is 18.2. The predicted molar refractivity (Wildman–Crippen MR) is 131 cm³/mol. The number of amides is 2. The molecule has 2 aromatic heterocycles. The number of ether oxygens (including phenoxy) is 2. The van der Waals surface area contributed by atoms with E-state index in [0.717, 1.165) is 10.2 Å². The third-order valence-electron chi connectivity index (χ3n) is 4.21. The van der Waals surface area contributed by atoms with Crippen LogP contribution in [-0.2, 0) is 25.6 Å². The van der Waals surface area contributed by atoms with Crippen molar-refractivity contribution in [3.63, 3.8) is 0 Å². The standard InChI is InChI=1S/C21H24N4O5S3/c1-3-29-9-8-25-15-6-5-14(19(28)30-4-2)11-16(15)33-21(25)24-18(27)13-31-12-17(26)23-20-22-7-10-32-20/h5-7,10-11H,3-4,8-9,12-13H2,1-2H3,(H,22,23,26). The Morgan fingerprint density at radius 2 is 2.06 bits per heavy atom. The summed E-state index contributed by atoms with van der Waals surface area (Å²) in [5.41, 5.74) is 1.30. The first kappa shape index (κ1) is 25.1. The fourth-order valence-electron chi connectivity index (χ4n) is 2.83. The minimum absolute atomic E-state index is 0.0685. The number of carbonyl (C=O) groups excluding carboxylic acids is 3. The summed E-state index contributed by atoms with van der Waals surface area (Å²) in [5, 5.41) is 4.97. The van der Waals surface area contributed by atoms with Gasteiger partial charge in [0.1, 0.15) is 0 Å². The molecule has 0 aliphatic carbocycles. The van der Waals surface area contributed by atoms with Gasteiger partial charge in [-0.3, -0.25) is 9.59 Å². The molecule has 1 N–H and O–H groups in total. The number of aromatic nitrogens is 2. The fourth-order valence-corrected chi connectivity index (χ4v) is 5.08. The van der Waals surface area contributed by atoms with E-state index in [0.29, 0.717) is 41.9 Å². The van der Waals surface area contributed by atoms with Gasteiger partial charge in [0.2, 0.25) is 5.91 Å². The summed E-state index contributed by atoms with van der Waals surface area (Å²) in [5.74, 6) is -0.762. The van der Waals surface area contributed by atoms with Crippen LogP contribution in [0.15, 0.2) is 34.8 Å². The van der Waals surface area contributed by atoms with Crippen LogP contribution in [0.3, 0.4) is 0 Å². The molecule has 2 heterocycles. The first-order valence-electron chi connectivity index (χ1n) is 10.2. The molecule has 3 rings (SSSR count). The number of hydrogen-bond donors (Lipinski definition) is 1. The Kier molecular flexibility index (Phi) is 9.61. The first-order chi connectivity index (χ1) is 16.0. The second kappa shape index (κ2) is 12.6. The van der Waals surface area contributed by atoms with Crippen LogP contribution in [0, 0.1) is 0 Å². The zero-order chi connectivity index (χ0) is 23.6. The maximum atomic E-state index is 12.5. The van der Waals surface area contributed by atoms with E-state index < -0.39 is 5.97 Å². The molecule has 12 heteroatoms. The van der Waals surface area contributed by atoms with Crippen LogP contribution in [0.25, 0.3) is 10.2 Å². The Labute approximate surface area is 202 Å². The highest BCUT2D eigenvalue weighted by Crippen LogP contribution is 2.20. The molecule has 2 amide bonds. The topological polar surface area (TPSA) is 112 Å². The number of hydrogen-bond acceptors (Lipinski definition) is 9. The SMILES string of the molecule is CCOCCn1c(=NC(=O)CSCC(=O)Nc2nccs2)sc2cc(C(=O)OCC)ccc21. The maximum Gasteiger partial charge on any atom is 0.338 e. The number of carbonyl (C=O) groups is 3. The van der Waals surface area contributed by atoms with Crippen molar-refractivity contribution in [1.82, 2.24) is 9.55 Å². The molecule has 0 saturated heterocycles. The lowest BCUT2D eigenvalue weighted by atomic mass is 10.2. The number of thiazole rings is 2. The summed E-state index contributed by atoms with van der Waals surface area (Å²) in [6, 6.07) is 5.27. The summed E-state index contributed by atoms with van der Waals surface area (Å²) in [4.78, 5) is 45.3. The van der Waals surface area contributed by atoms with Crippen LogP contribution in [0.2, 0.25) is 0 Å². The molecule has 0 unspecified atom stereocenters. The normalized spacial score (nSPS) is 11.6. The summed E-state index contributed by atoms with van der Waals surface area (Å²) < 4.78 is 13.3. The first-order valence-corrected chi connectivity index (χ1v) is 13.1. The number of nitrogens with one attached hydrogen (secondary N) is 1. The van der Waals surface area contributed by atoms with E-state index in [-0.39, 0.29) is 23.3 Å². The Hall–Kier alpha value is -2.54. The van der Waals surface area contributed by atoms with E-state index >= 15 is 0 Å². The van der Waals surface area contributed by atoms with Gasteiger partial charge in [0.15, 0.2) is 9.93 Å². The smallest absolute Gasteiger partial charge is 0.338 e. The van der Waals surface area contributed by atoms with Gasteiger partial charge in [-0.25, -0.2) is 9.78 Å². The van der Waals surface area contributed by atoms with E-state index in [1.54, 1.807) is 30.6 Å². The number of benzene rings is 1. The molecule has 0 atom stereocenters. The average Bonchev–Trinajstić information content (AvgIpc) is 3.41. The molecule has 0 bridgehead atoms. The fraction of sp³-hybridized carbons (Fsp3) is 0.381. The van der Waals surface area contributed by atoms with Gasteiger partial charge in [-0.05, 0) is 32.0 Å². The van der Waals surface area contributed by atoms with E-state index in [1.165, 1.54) is 34.4 Å². The van der Waals surface area contributed by atoms with E-state index in [2.05, 4.69) is 15.3 Å². The number of fused-ring (bicyclic) bond motifs is 1. The number of esters is 1. The van der Waals surface area contributed by atoms with Crippen molar-refractivity contribution in [2.75, 3.05) is 36.6 Å². The van der Waals surface area contributed by atoms with Gasteiger partial charge in [-0.2, -0.15) is 4.99 Å². The van der Waals surface area contributed by atoms with Crippen molar-refractivity contribution in [3.8, 4) is 0 Å². The van der Waals surface area contributed by atoms with Crippen LogP contribution < -0.4 is 10.1 Å². The van der Waals surface area contributed by atoms with Crippen molar-refractivity contribution in [2.45, 2.75) is 20.4 Å². The molecule has 0 saturated carbocycles. The lowest BCUT2D eigenvalue weighted by molar-refractivity contribution is -0.115. The summed E-state index contributed by atoms with van der Waals surface area (Å²) in [6.07, 6.45) is 1.61. The van der Waals surface area contributed by atoms with Crippen LogP contribution in [0.1, 0.15) is 24.2 Å². The largest absolute Gasteiger partial charge is 0.462 e. The average molecular weight is 509 g/mol. The van der Waals surface area contributed by atoms with Gasteiger partial charge in [-0.15, -0.1) is 23.1 Å². The van der Waals surface area contributed by atoms with Crippen LogP contribution in [-0.4, -0.2) is 58.7 Å². The number of anilines is 1. The monoisotopic (exact) mass is 508 g/mol. The Balaban J connectivity index is 1.73. The van der Waals surface area contributed by atoms with Crippen LogP contribution in [0.4, 0.5) is 5.13 Å². The van der Waals surface area contributed by atoms with Gasteiger partial charge in [-0.1, -0.05) is 11.3 Å². The Bertz CT molecular complexity index is 1170. The van der Waals surface area contributed by atoms with Gasteiger partial charge >= 0.3 is 5.97 Å². The Morgan fingerprint density at radius 3 is 2.79 bits per heavy atom. The minimum Gasteiger partial charge on any atom is -0.462 e. The summed E-state index contributed by atoms with van der Waals surface area (Å²) in [7, 11) is 0. The highest BCUT2D eigenvalue weighted by molar-refractivity contribution is 8.00. The minimum atomic E-state index is -0.393. The number of nitrogens with zero attached hydrogens (tertiary/aromatic N) is 3. The Morgan fingerprint density at radius 1 is 1.21 bits per heavy atom. The molecule has 0 spiro atoms. The zero-order valence-corrected chi connectivity index (χ0v) is 20.7. The molecule has 0 radical (unpaired) electrons. The molecule has 0 aliphatic rings. The molecule has 33 heavy (non-hydrogen) atoms. The number of thioether (sulfide) groups is 1. The number of rotatable bonds is 11. The molecule has 3 aromatic rings. The molecular formula is C21H24N4O5S3. The van der Waals surface area contributed by atoms with Crippen molar-refractivity contribution in [1.29, 1.82) is 0 Å². The second-order valence-corrected chi connectivity index (χ2v) is 9.41. The van der Waals surface area contributed by atoms with Crippen molar-refractivity contribution in [3.05, 3.63) is 40.1 Å². The van der Waals surface area contributed by atoms with Crippen molar-refractivity contribution >= 4 is 67.6 Å². The van der Waals surface area contributed by atoms with Crippen molar-refractivity contribution < 1.29 is 23.9 Å². The van der Waals surface area contributed by atoms with Crippen LogP contribution in [0.5, 0.6) is 0 Å². The van der Waals surface area contributed by atoms with Crippen LogP contribution >= 0.6 is 34.4 Å². The maximum absolute atomic E-state index is 12.5. The molecule has 1 aromatic carbocycles. The second-order valence-electron chi connectivity index (χ2n) is 6.52. The van der Waals surface area contributed by atoms with E-state index in [9.17, 15) is 14.4 Å². The van der Waals surface area contributed by atoms with Gasteiger partial charge in [0.05, 0.1) is 40.5 Å². The summed E-state index contributed by atoms with van der Waals surface area (Å²) >= 11 is 3.84. The van der Waals surface area contributed by atoms with E-state index in [4.69, 9.17) is 9.47 Å². The lowest BCUT2D eigenvalue weighted by Gasteiger charge is -2.06. The third-order valence-corrected chi connectivity index (χ3v) is 6.86. The molecular weight excluding hydrogens is 484 g/mol. The highest BCUT2D eigenvalue weighted by atomic mass is 32.2. The van der Waals surface area contributed by atoms with Gasteiger partial charge in [0, 0.05) is 24.7 Å².